The first-order valence-corrected chi connectivity index (χ1v) is 9.33. The van der Waals surface area contributed by atoms with Gasteiger partial charge in [-0.05, 0) is 44.6 Å². The second-order valence-electron chi connectivity index (χ2n) is 5.92. The Morgan fingerprint density at radius 3 is 2.85 bits per heavy atom. The van der Waals surface area contributed by atoms with E-state index in [-0.39, 0.29) is 5.91 Å². The van der Waals surface area contributed by atoms with E-state index in [1.807, 2.05) is 19.9 Å². The van der Waals surface area contributed by atoms with Crippen molar-refractivity contribution in [2.24, 2.45) is 0 Å². The van der Waals surface area contributed by atoms with Crippen LogP contribution in [0.3, 0.4) is 0 Å². The van der Waals surface area contributed by atoms with Crippen LogP contribution < -0.4 is 5.32 Å². The summed E-state index contributed by atoms with van der Waals surface area (Å²) in [5, 5.41) is 7.58. The molecule has 3 heterocycles. The summed E-state index contributed by atoms with van der Waals surface area (Å²) >= 11 is 1.32. The molecule has 0 aliphatic carbocycles. The average Bonchev–Trinajstić information content (AvgIpc) is 3.21. The molecule has 27 heavy (non-hydrogen) atoms. The van der Waals surface area contributed by atoms with Gasteiger partial charge >= 0.3 is 0 Å². The van der Waals surface area contributed by atoms with Crippen molar-refractivity contribution in [3.8, 4) is 11.4 Å². The normalized spacial score (nSPS) is 11.3. The van der Waals surface area contributed by atoms with Crippen LogP contribution in [0.5, 0.6) is 0 Å². The fraction of sp³-hybridized carbons (Fsp3) is 0.263. The van der Waals surface area contributed by atoms with E-state index < -0.39 is 5.82 Å². The standard InChI is InChI=1S/C19H19FN4O2S/c1-4-9-21-19(25)18-11(2)23-16(27-18)8-6-14-12(3)26-24-17(14)15-7-5-13(20)10-22-15/h5-8,10H,4,9H2,1-3H3,(H,21,25). The van der Waals surface area contributed by atoms with Crippen molar-refractivity contribution >= 4 is 29.4 Å². The second kappa shape index (κ2) is 8.22. The molecule has 3 aromatic rings. The van der Waals surface area contributed by atoms with Crippen molar-refractivity contribution in [3.05, 3.63) is 51.0 Å². The minimum absolute atomic E-state index is 0.108. The van der Waals surface area contributed by atoms with Gasteiger partial charge in [0.2, 0.25) is 0 Å². The van der Waals surface area contributed by atoms with Crippen LogP contribution in [0.2, 0.25) is 0 Å². The summed E-state index contributed by atoms with van der Waals surface area (Å²) in [6, 6.07) is 2.87. The molecule has 0 bridgehead atoms. The smallest absolute Gasteiger partial charge is 0.263 e. The zero-order valence-electron chi connectivity index (χ0n) is 15.2. The van der Waals surface area contributed by atoms with E-state index in [9.17, 15) is 9.18 Å². The van der Waals surface area contributed by atoms with Crippen molar-refractivity contribution in [2.45, 2.75) is 27.2 Å². The molecule has 140 valence electrons. The molecule has 0 radical (unpaired) electrons. The summed E-state index contributed by atoms with van der Waals surface area (Å²) in [4.78, 5) is 21.3. The first-order chi connectivity index (χ1) is 13.0. The number of pyridine rings is 1. The molecule has 0 atom stereocenters. The maximum absolute atomic E-state index is 13.1. The number of aromatic nitrogens is 3. The predicted molar refractivity (Wildman–Crippen MR) is 103 cm³/mol. The van der Waals surface area contributed by atoms with Gasteiger partial charge in [0.25, 0.3) is 5.91 Å². The third-order valence-corrected chi connectivity index (χ3v) is 4.95. The second-order valence-corrected chi connectivity index (χ2v) is 6.95. The number of amides is 1. The quantitative estimate of drug-likeness (QED) is 0.685. The fourth-order valence-electron chi connectivity index (χ4n) is 2.45. The van der Waals surface area contributed by atoms with Gasteiger partial charge in [-0.1, -0.05) is 12.1 Å². The molecule has 0 unspecified atom stereocenters. The Bertz CT molecular complexity index is 976. The first-order valence-electron chi connectivity index (χ1n) is 8.51. The molecule has 8 heteroatoms. The van der Waals surface area contributed by atoms with Crippen LogP contribution >= 0.6 is 11.3 Å². The third-order valence-electron chi connectivity index (χ3n) is 3.83. The Hall–Kier alpha value is -2.87. The highest BCUT2D eigenvalue weighted by Gasteiger charge is 2.16. The topological polar surface area (TPSA) is 80.9 Å². The predicted octanol–water partition coefficient (Wildman–Crippen LogP) is 4.26. The van der Waals surface area contributed by atoms with Gasteiger partial charge in [0.05, 0.1) is 17.6 Å². The van der Waals surface area contributed by atoms with E-state index in [4.69, 9.17) is 4.52 Å². The van der Waals surface area contributed by atoms with Gasteiger partial charge in [0.1, 0.15) is 27.2 Å². The molecule has 3 rings (SSSR count). The van der Waals surface area contributed by atoms with Crippen LogP contribution in [0.25, 0.3) is 23.5 Å². The van der Waals surface area contributed by atoms with Crippen molar-refractivity contribution in [2.75, 3.05) is 6.54 Å². The molecule has 0 spiro atoms. The lowest BCUT2D eigenvalue weighted by Crippen LogP contribution is -2.23. The van der Waals surface area contributed by atoms with Crippen LogP contribution in [0, 0.1) is 19.7 Å². The van der Waals surface area contributed by atoms with Crippen LogP contribution in [-0.2, 0) is 0 Å². The highest BCUT2D eigenvalue weighted by molar-refractivity contribution is 7.14. The van der Waals surface area contributed by atoms with Crippen molar-refractivity contribution in [1.82, 2.24) is 20.4 Å². The van der Waals surface area contributed by atoms with Crippen molar-refractivity contribution < 1.29 is 13.7 Å². The van der Waals surface area contributed by atoms with E-state index in [1.54, 1.807) is 19.1 Å². The number of nitrogens with zero attached hydrogens (tertiary/aromatic N) is 3. The monoisotopic (exact) mass is 386 g/mol. The molecule has 0 aliphatic rings. The molecular weight excluding hydrogens is 367 g/mol. The molecule has 6 nitrogen and oxygen atoms in total. The lowest BCUT2D eigenvalue weighted by molar-refractivity contribution is 0.0957. The van der Waals surface area contributed by atoms with E-state index in [0.29, 0.717) is 39.3 Å². The van der Waals surface area contributed by atoms with Gasteiger partial charge in [0.15, 0.2) is 0 Å². The molecule has 1 N–H and O–H groups in total. The number of aryl methyl sites for hydroxylation is 2. The highest BCUT2D eigenvalue weighted by atomic mass is 32.1. The number of rotatable bonds is 6. The van der Waals surface area contributed by atoms with Gasteiger partial charge in [0, 0.05) is 12.1 Å². The molecule has 0 saturated heterocycles. The lowest BCUT2D eigenvalue weighted by Gasteiger charge is -2.00. The molecule has 0 aliphatic heterocycles. The number of halogens is 1. The Morgan fingerprint density at radius 2 is 2.15 bits per heavy atom. The molecule has 0 aromatic carbocycles. The summed E-state index contributed by atoms with van der Waals surface area (Å²) in [5.41, 5.74) is 2.47. The molecule has 0 saturated carbocycles. The minimum Gasteiger partial charge on any atom is -0.360 e. The third kappa shape index (κ3) is 4.28. The first kappa shape index (κ1) is 18.9. The Labute approximate surface area is 160 Å². The van der Waals surface area contributed by atoms with E-state index in [0.717, 1.165) is 18.2 Å². The van der Waals surface area contributed by atoms with Gasteiger partial charge in [-0.15, -0.1) is 11.3 Å². The van der Waals surface area contributed by atoms with Gasteiger partial charge in [-0.2, -0.15) is 0 Å². The van der Waals surface area contributed by atoms with Crippen molar-refractivity contribution in [3.63, 3.8) is 0 Å². The zero-order valence-corrected chi connectivity index (χ0v) is 16.1. The van der Waals surface area contributed by atoms with Crippen LogP contribution in [0.1, 0.15) is 45.0 Å². The zero-order chi connectivity index (χ0) is 19.4. The van der Waals surface area contributed by atoms with Gasteiger partial charge in [-0.3, -0.25) is 9.78 Å². The molecule has 1 amide bonds. The largest absolute Gasteiger partial charge is 0.360 e. The van der Waals surface area contributed by atoms with Gasteiger partial charge in [-0.25, -0.2) is 9.37 Å². The summed E-state index contributed by atoms with van der Waals surface area (Å²) < 4.78 is 18.4. The maximum Gasteiger partial charge on any atom is 0.263 e. The average molecular weight is 386 g/mol. The fourth-order valence-corrected chi connectivity index (χ4v) is 3.33. The summed E-state index contributed by atoms with van der Waals surface area (Å²) in [6.45, 7) is 6.24. The van der Waals surface area contributed by atoms with Gasteiger partial charge < -0.3 is 9.84 Å². The molecule has 0 fully saturated rings. The molecular formula is C19H19FN4O2S. The lowest BCUT2D eigenvalue weighted by atomic mass is 10.1. The maximum atomic E-state index is 13.1. The number of carbonyl (C=O) groups is 1. The number of nitrogens with one attached hydrogen (secondary N) is 1. The minimum atomic E-state index is -0.414. The summed E-state index contributed by atoms with van der Waals surface area (Å²) in [6.07, 6.45) is 5.64. The van der Waals surface area contributed by atoms with E-state index >= 15 is 0 Å². The highest BCUT2D eigenvalue weighted by Crippen LogP contribution is 2.27. The number of hydrogen-bond acceptors (Lipinski definition) is 6. The van der Waals surface area contributed by atoms with Crippen LogP contribution in [-0.4, -0.2) is 27.6 Å². The van der Waals surface area contributed by atoms with E-state index in [2.05, 4.69) is 20.4 Å². The summed E-state index contributed by atoms with van der Waals surface area (Å²) in [7, 11) is 0. The number of hydrogen-bond donors (Lipinski definition) is 1. The van der Waals surface area contributed by atoms with Crippen LogP contribution in [0.15, 0.2) is 22.9 Å². The number of thiazole rings is 1. The van der Waals surface area contributed by atoms with E-state index in [1.165, 1.54) is 17.4 Å². The van der Waals surface area contributed by atoms with Crippen LogP contribution in [0.4, 0.5) is 4.39 Å². The Kier molecular flexibility index (Phi) is 5.75. The molecule has 3 aromatic heterocycles. The summed E-state index contributed by atoms with van der Waals surface area (Å²) in [5.74, 6) is 0.0913. The number of carbonyl (C=O) groups excluding carboxylic acids is 1. The van der Waals surface area contributed by atoms with Crippen molar-refractivity contribution in [1.29, 1.82) is 0 Å². The Morgan fingerprint density at radius 1 is 1.33 bits per heavy atom. The SMILES string of the molecule is CCCNC(=O)c1sc(C=Cc2c(-c3ccc(F)cn3)noc2C)nc1C. The Balaban J connectivity index is 1.86.